The maximum atomic E-state index is 11.4. The van der Waals surface area contributed by atoms with E-state index in [4.69, 9.17) is 0 Å². The highest BCUT2D eigenvalue weighted by atomic mass is 79.9. The first-order valence-electron chi connectivity index (χ1n) is 5.39. The Morgan fingerprint density at radius 1 is 1.35 bits per heavy atom. The van der Waals surface area contributed by atoms with E-state index in [1.165, 1.54) is 10.6 Å². The fourth-order valence-electron chi connectivity index (χ4n) is 2.04. The molecule has 0 unspecified atom stereocenters. The molecule has 0 atom stereocenters. The summed E-state index contributed by atoms with van der Waals surface area (Å²) in [6.07, 6.45) is 6.27. The lowest BCUT2D eigenvalue weighted by atomic mass is 9.95. The van der Waals surface area contributed by atoms with Crippen molar-refractivity contribution in [1.82, 2.24) is 14.3 Å². The number of piperidine rings is 1. The lowest BCUT2D eigenvalue weighted by Crippen LogP contribution is -2.37. The van der Waals surface area contributed by atoms with Gasteiger partial charge in [0.15, 0.2) is 0 Å². The molecule has 1 aliphatic heterocycles. The maximum Gasteiger partial charge on any atom is 0.211 e. The van der Waals surface area contributed by atoms with Gasteiger partial charge in [-0.15, -0.1) is 0 Å². The van der Waals surface area contributed by atoms with Crippen molar-refractivity contribution in [1.29, 1.82) is 0 Å². The third-order valence-electron chi connectivity index (χ3n) is 2.96. The van der Waals surface area contributed by atoms with E-state index < -0.39 is 10.0 Å². The van der Waals surface area contributed by atoms with Gasteiger partial charge in [0.25, 0.3) is 0 Å². The van der Waals surface area contributed by atoms with Crippen LogP contribution < -0.4 is 0 Å². The summed E-state index contributed by atoms with van der Waals surface area (Å²) in [6.45, 7) is 1.13. The van der Waals surface area contributed by atoms with Crippen LogP contribution in [0.3, 0.4) is 0 Å². The molecule has 0 aliphatic carbocycles. The van der Waals surface area contributed by atoms with E-state index in [9.17, 15) is 8.42 Å². The molecule has 1 aromatic rings. The van der Waals surface area contributed by atoms with Gasteiger partial charge in [-0.3, -0.25) is 4.98 Å². The smallest absolute Gasteiger partial charge is 0.211 e. The van der Waals surface area contributed by atoms with Gasteiger partial charge in [-0.05, 0) is 28.8 Å². The largest absolute Gasteiger partial charge is 0.260 e. The topological polar surface area (TPSA) is 63.2 Å². The first kappa shape index (κ1) is 12.9. The van der Waals surface area contributed by atoms with Crippen LogP contribution in [-0.2, 0) is 10.0 Å². The van der Waals surface area contributed by atoms with Crippen molar-refractivity contribution in [2.75, 3.05) is 19.3 Å². The summed E-state index contributed by atoms with van der Waals surface area (Å²) in [6, 6.07) is 0. The van der Waals surface area contributed by atoms with Crippen LogP contribution in [0.1, 0.15) is 24.5 Å². The van der Waals surface area contributed by atoms with Crippen molar-refractivity contribution in [3.8, 4) is 0 Å². The first-order chi connectivity index (χ1) is 7.97. The molecule has 94 valence electrons. The molecule has 0 N–H and O–H groups in total. The van der Waals surface area contributed by atoms with E-state index in [1.807, 2.05) is 0 Å². The van der Waals surface area contributed by atoms with Crippen LogP contribution in [0.5, 0.6) is 0 Å². The second kappa shape index (κ2) is 4.99. The number of rotatable bonds is 2. The second-order valence-corrected chi connectivity index (χ2v) is 7.00. The highest BCUT2D eigenvalue weighted by Crippen LogP contribution is 2.27. The standard InChI is InChI=1S/C10H14BrN3O2S/c1-17(15,16)14-4-2-8(3-5-14)9-6-12-7-10(11)13-9/h6-8H,2-5H2,1H3. The van der Waals surface area contributed by atoms with Crippen LogP contribution in [0.4, 0.5) is 0 Å². The van der Waals surface area contributed by atoms with Crippen molar-refractivity contribution in [2.45, 2.75) is 18.8 Å². The molecule has 0 radical (unpaired) electrons. The van der Waals surface area contributed by atoms with Gasteiger partial charge in [0.05, 0.1) is 18.1 Å². The van der Waals surface area contributed by atoms with Gasteiger partial charge in [-0.2, -0.15) is 0 Å². The number of sulfonamides is 1. The molecular formula is C10H14BrN3O2S. The molecule has 0 saturated carbocycles. The van der Waals surface area contributed by atoms with Gasteiger partial charge in [-0.1, -0.05) is 0 Å². The van der Waals surface area contributed by atoms with Crippen molar-refractivity contribution >= 4 is 26.0 Å². The predicted octanol–water partition coefficient (Wildman–Crippen LogP) is 1.38. The maximum absolute atomic E-state index is 11.4. The minimum Gasteiger partial charge on any atom is -0.260 e. The zero-order valence-electron chi connectivity index (χ0n) is 9.50. The summed E-state index contributed by atoms with van der Waals surface area (Å²) in [5.41, 5.74) is 0.938. The van der Waals surface area contributed by atoms with E-state index >= 15 is 0 Å². The molecule has 2 heterocycles. The summed E-state index contributed by atoms with van der Waals surface area (Å²) < 4.78 is 25.0. The molecule has 1 aromatic heterocycles. The Morgan fingerprint density at radius 3 is 2.53 bits per heavy atom. The number of hydrogen-bond donors (Lipinski definition) is 0. The monoisotopic (exact) mass is 319 g/mol. The third kappa shape index (κ3) is 3.23. The van der Waals surface area contributed by atoms with Gasteiger partial charge in [0.1, 0.15) is 4.60 Å². The van der Waals surface area contributed by atoms with Crippen LogP contribution in [0.25, 0.3) is 0 Å². The summed E-state index contributed by atoms with van der Waals surface area (Å²) in [5, 5.41) is 0. The van der Waals surface area contributed by atoms with Crippen LogP contribution in [0.2, 0.25) is 0 Å². The lowest BCUT2D eigenvalue weighted by molar-refractivity contribution is 0.318. The van der Waals surface area contributed by atoms with Crippen LogP contribution in [0, 0.1) is 0 Å². The molecule has 1 aliphatic rings. The Balaban J connectivity index is 2.05. The molecule has 2 rings (SSSR count). The SMILES string of the molecule is CS(=O)(=O)N1CCC(c2cncc(Br)n2)CC1. The zero-order chi connectivity index (χ0) is 12.5. The number of aromatic nitrogens is 2. The number of nitrogens with zero attached hydrogens (tertiary/aromatic N) is 3. The molecule has 0 bridgehead atoms. The molecular weight excluding hydrogens is 306 g/mol. The molecule has 17 heavy (non-hydrogen) atoms. The second-order valence-electron chi connectivity index (χ2n) is 4.20. The average molecular weight is 320 g/mol. The van der Waals surface area contributed by atoms with Crippen molar-refractivity contribution in [3.05, 3.63) is 22.7 Å². The van der Waals surface area contributed by atoms with Gasteiger partial charge < -0.3 is 0 Å². The predicted molar refractivity (Wildman–Crippen MR) is 68.1 cm³/mol. The molecule has 1 fully saturated rings. The summed E-state index contributed by atoms with van der Waals surface area (Å²) in [4.78, 5) is 8.46. The molecule has 0 spiro atoms. The highest BCUT2D eigenvalue weighted by molar-refractivity contribution is 9.10. The number of halogens is 1. The molecule has 1 saturated heterocycles. The van der Waals surface area contributed by atoms with Crippen LogP contribution in [0.15, 0.2) is 17.0 Å². The average Bonchev–Trinajstić information content (AvgIpc) is 2.28. The van der Waals surface area contributed by atoms with Crippen molar-refractivity contribution in [2.24, 2.45) is 0 Å². The minimum atomic E-state index is -3.05. The number of hydrogen-bond acceptors (Lipinski definition) is 4. The summed E-state index contributed by atoms with van der Waals surface area (Å²) in [7, 11) is -3.05. The van der Waals surface area contributed by atoms with Crippen LogP contribution in [-0.4, -0.2) is 42.0 Å². The molecule has 0 amide bonds. The van der Waals surface area contributed by atoms with Crippen molar-refractivity contribution < 1.29 is 8.42 Å². The van der Waals surface area contributed by atoms with Gasteiger partial charge in [0, 0.05) is 25.2 Å². The fourth-order valence-corrected chi connectivity index (χ4v) is 3.23. The Kier molecular flexibility index (Phi) is 3.79. The quantitative estimate of drug-likeness (QED) is 0.826. The minimum absolute atomic E-state index is 0.304. The lowest BCUT2D eigenvalue weighted by Gasteiger charge is -2.29. The fraction of sp³-hybridized carbons (Fsp3) is 0.600. The van der Waals surface area contributed by atoms with Gasteiger partial charge in [-0.25, -0.2) is 17.7 Å². The first-order valence-corrected chi connectivity index (χ1v) is 8.03. The Labute approximate surface area is 109 Å². The van der Waals surface area contributed by atoms with Crippen LogP contribution >= 0.6 is 15.9 Å². The Bertz CT molecular complexity index is 498. The van der Waals surface area contributed by atoms with E-state index in [2.05, 4.69) is 25.9 Å². The molecule has 5 nitrogen and oxygen atoms in total. The van der Waals surface area contributed by atoms with E-state index in [-0.39, 0.29) is 0 Å². The van der Waals surface area contributed by atoms with E-state index in [0.29, 0.717) is 19.0 Å². The summed E-state index contributed by atoms with van der Waals surface area (Å²) >= 11 is 3.29. The van der Waals surface area contributed by atoms with Gasteiger partial charge in [0.2, 0.25) is 10.0 Å². The Morgan fingerprint density at radius 2 is 2.00 bits per heavy atom. The Hall–Kier alpha value is -0.530. The van der Waals surface area contributed by atoms with Gasteiger partial charge >= 0.3 is 0 Å². The third-order valence-corrected chi connectivity index (χ3v) is 4.65. The van der Waals surface area contributed by atoms with E-state index in [0.717, 1.165) is 23.1 Å². The summed E-state index contributed by atoms with van der Waals surface area (Å²) in [5.74, 6) is 0.304. The molecule has 7 heteroatoms. The highest BCUT2D eigenvalue weighted by Gasteiger charge is 2.26. The normalized spacial score (nSPS) is 19.4. The zero-order valence-corrected chi connectivity index (χ0v) is 11.9. The van der Waals surface area contributed by atoms with E-state index in [1.54, 1.807) is 12.4 Å². The van der Waals surface area contributed by atoms with Crippen molar-refractivity contribution in [3.63, 3.8) is 0 Å². The molecule has 0 aromatic carbocycles.